The third kappa shape index (κ3) is 2.75. The number of ether oxygens (including phenoxy) is 1. The maximum absolute atomic E-state index is 13.1. The summed E-state index contributed by atoms with van der Waals surface area (Å²) in [5, 5.41) is 0. The Balaban J connectivity index is 2.10. The molecule has 0 radical (unpaired) electrons. The first-order chi connectivity index (χ1) is 8.19. The van der Waals surface area contributed by atoms with Gasteiger partial charge in [-0.15, -0.1) is 0 Å². The van der Waals surface area contributed by atoms with Crippen molar-refractivity contribution in [2.24, 2.45) is 0 Å². The number of hydrogen-bond donors (Lipinski definition) is 1. The average Bonchev–Trinajstić information content (AvgIpc) is 2.73. The molecule has 1 aromatic heterocycles. The van der Waals surface area contributed by atoms with E-state index < -0.39 is 0 Å². The number of methoxy groups -OCH3 is 1. The van der Waals surface area contributed by atoms with Crippen LogP contribution in [0.2, 0.25) is 0 Å². The minimum absolute atomic E-state index is 0.145. The summed E-state index contributed by atoms with van der Waals surface area (Å²) in [5.74, 6) is 1.06. The number of nitrogens with two attached hydrogens (primary N) is 1. The molecule has 1 aromatic carbocycles. The second kappa shape index (κ2) is 4.86. The number of anilines is 1. The van der Waals surface area contributed by atoms with E-state index in [0.717, 1.165) is 5.56 Å². The molecule has 4 nitrogen and oxygen atoms in total. The number of aromatic nitrogens is 1. The van der Waals surface area contributed by atoms with Crippen LogP contribution in [0.5, 0.6) is 5.75 Å². The summed E-state index contributed by atoms with van der Waals surface area (Å²) >= 11 is 0. The lowest BCUT2D eigenvalue weighted by molar-refractivity contribution is 0.407. The Morgan fingerprint density at radius 2 is 2.24 bits per heavy atom. The molecule has 5 heteroatoms. The molecule has 0 saturated heterocycles. The van der Waals surface area contributed by atoms with E-state index in [4.69, 9.17) is 14.9 Å². The molecule has 0 bridgehead atoms. The van der Waals surface area contributed by atoms with Crippen LogP contribution in [0.1, 0.15) is 11.3 Å². The lowest BCUT2D eigenvalue weighted by atomic mass is 10.1. The fourth-order valence-corrected chi connectivity index (χ4v) is 1.64. The predicted octanol–water partition coefficient (Wildman–Crippen LogP) is 2.19. The van der Waals surface area contributed by atoms with Crippen LogP contribution in [0.15, 0.2) is 28.8 Å². The molecule has 2 aromatic rings. The Hall–Kier alpha value is -2.04. The highest BCUT2D eigenvalue weighted by Crippen LogP contribution is 2.21. The van der Waals surface area contributed by atoms with Crippen molar-refractivity contribution in [2.75, 3.05) is 12.8 Å². The van der Waals surface area contributed by atoms with Gasteiger partial charge in [0.1, 0.15) is 17.3 Å². The van der Waals surface area contributed by atoms with Crippen LogP contribution in [0.4, 0.5) is 10.4 Å². The van der Waals surface area contributed by atoms with E-state index in [1.165, 1.54) is 12.1 Å². The van der Waals surface area contributed by atoms with Gasteiger partial charge in [-0.2, -0.15) is 0 Å². The summed E-state index contributed by atoms with van der Waals surface area (Å²) in [6.07, 6.45) is 2.78. The van der Waals surface area contributed by atoms with Gasteiger partial charge in [0.2, 0.25) is 0 Å². The number of nitrogens with zero attached hydrogens (tertiary/aromatic N) is 1. The van der Waals surface area contributed by atoms with Gasteiger partial charge in [-0.3, -0.25) is 0 Å². The average molecular weight is 236 g/mol. The zero-order chi connectivity index (χ0) is 12.3. The summed E-state index contributed by atoms with van der Waals surface area (Å²) in [7, 11) is 1.56. The SMILES string of the molecule is COc1ccc(F)cc1CCc1cnc(N)o1. The van der Waals surface area contributed by atoms with Gasteiger partial charge in [-0.05, 0) is 30.2 Å². The van der Waals surface area contributed by atoms with E-state index in [2.05, 4.69) is 4.98 Å². The number of nitrogen functional groups attached to an aromatic ring is 1. The van der Waals surface area contributed by atoms with Crippen LogP contribution in [-0.4, -0.2) is 12.1 Å². The molecule has 0 fully saturated rings. The van der Waals surface area contributed by atoms with E-state index in [1.807, 2.05) is 0 Å². The molecule has 90 valence electrons. The number of aryl methyl sites for hydroxylation is 2. The number of oxazole rings is 1. The van der Waals surface area contributed by atoms with Crippen LogP contribution >= 0.6 is 0 Å². The molecule has 2 rings (SSSR count). The van der Waals surface area contributed by atoms with Crippen molar-refractivity contribution in [1.82, 2.24) is 4.98 Å². The summed E-state index contributed by atoms with van der Waals surface area (Å²) in [6, 6.07) is 4.58. The standard InChI is InChI=1S/C12H13FN2O2/c1-16-11-5-3-9(13)6-8(11)2-4-10-7-15-12(14)17-10/h3,5-7H,2,4H2,1H3,(H2,14,15). The molecule has 1 heterocycles. The quantitative estimate of drug-likeness (QED) is 0.883. The second-order valence-corrected chi connectivity index (χ2v) is 3.62. The van der Waals surface area contributed by atoms with Gasteiger partial charge in [-0.25, -0.2) is 9.37 Å². The minimum atomic E-state index is -0.280. The van der Waals surface area contributed by atoms with Gasteiger partial charge in [0.05, 0.1) is 13.3 Å². The maximum atomic E-state index is 13.1. The summed E-state index contributed by atoms with van der Waals surface area (Å²) in [6.45, 7) is 0. The van der Waals surface area contributed by atoms with Gasteiger partial charge < -0.3 is 14.9 Å². The van der Waals surface area contributed by atoms with Gasteiger partial charge in [0.15, 0.2) is 0 Å². The molecule has 17 heavy (non-hydrogen) atoms. The topological polar surface area (TPSA) is 61.3 Å². The van der Waals surface area contributed by atoms with Crippen molar-refractivity contribution < 1.29 is 13.5 Å². The Morgan fingerprint density at radius 1 is 1.41 bits per heavy atom. The Kier molecular flexibility index (Phi) is 3.27. The summed E-state index contributed by atoms with van der Waals surface area (Å²) < 4.78 is 23.4. The van der Waals surface area contributed by atoms with Gasteiger partial charge in [0, 0.05) is 6.42 Å². The Morgan fingerprint density at radius 3 is 2.88 bits per heavy atom. The van der Waals surface area contributed by atoms with Crippen molar-refractivity contribution in [2.45, 2.75) is 12.8 Å². The number of benzene rings is 1. The number of halogens is 1. The third-order valence-corrected chi connectivity index (χ3v) is 2.45. The lowest BCUT2D eigenvalue weighted by Crippen LogP contribution is -1.96. The first kappa shape index (κ1) is 11.4. The van der Waals surface area contributed by atoms with Crippen molar-refractivity contribution in [3.63, 3.8) is 0 Å². The third-order valence-electron chi connectivity index (χ3n) is 2.45. The van der Waals surface area contributed by atoms with Crippen LogP contribution in [0.3, 0.4) is 0 Å². The molecule has 0 aliphatic carbocycles. The fourth-order valence-electron chi connectivity index (χ4n) is 1.64. The summed E-state index contributed by atoms with van der Waals surface area (Å²) in [4.78, 5) is 3.79. The highest BCUT2D eigenvalue weighted by atomic mass is 19.1. The minimum Gasteiger partial charge on any atom is -0.496 e. The predicted molar refractivity (Wildman–Crippen MR) is 61.3 cm³/mol. The maximum Gasteiger partial charge on any atom is 0.292 e. The van der Waals surface area contributed by atoms with Gasteiger partial charge in [0.25, 0.3) is 6.01 Å². The van der Waals surface area contributed by atoms with Crippen LogP contribution in [-0.2, 0) is 12.8 Å². The molecular formula is C12H13FN2O2. The highest BCUT2D eigenvalue weighted by Gasteiger charge is 2.07. The highest BCUT2D eigenvalue weighted by molar-refractivity contribution is 5.34. The normalized spacial score (nSPS) is 10.5. The van der Waals surface area contributed by atoms with E-state index in [-0.39, 0.29) is 11.8 Å². The smallest absolute Gasteiger partial charge is 0.292 e. The zero-order valence-corrected chi connectivity index (χ0v) is 9.44. The molecule has 2 N–H and O–H groups in total. The van der Waals surface area contributed by atoms with E-state index >= 15 is 0 Å². The van der Waals surface area contributed by atoms with Crippen molar-refractivity contribution >= 4 is 6.01 Å². The molecular weight excluding hydrogens is 223 g/mol. The van der Waals surface area contributed by atoms with Crippen LogP contribution in [0, 0.1) is 5.82 Å². The monoisotopic (exact) mass is 236 g/mol. The molecule has 0 aliphatic heterocycles. The summed E-state index contributed by atoms with van der Waals surface area (Å²) in [5.41, 5.74) is 6.16. The van der Waals surface area contributed by atoms with E-state index in [9.17, 15) is 4.39 Å². The zero-order valence-electron chi connectivity index (χ0n) is 9.44. The molecule has 0 spiro atoms. The number of hydrogen-bond acceptors (Lipinski definition) is 4. The van der Waals surface area contributed by atoms with Crippen molar-refractivity contribution in [3.05, 3.63) is 41.5 Å². The van der Waals surface area contributed by atoms with Gasteiger partial charge >= 0.3 is 0 Å². The Bertz CT molecular complexity index is 511. The lowest BCUT2D eigenvalue weighted by Gasteiger charge is -2.07. The first-order valence-corrected chi connectivity index (χ1v) is 5.21. The van der Waals surface area contributed by atoms with Crippen molar-refractivity contribution in [3.8, 4) is 5.75 Å². The molecule has 0 atom stereocenters. The Labute approximate surface area is 98.2 Å². The number of rotatable bonds is 4. The fraction of sp³-hybridized carbons (Fsp3) is 0.250. The van der Waals surface area contributed by atoms with Gasteiger partial charge in [-0.1, -0.05) is 0 Å². The molecule has 0 aliphatic rings. The largest absolute Gasteiger partial charge is 0.496 e. The first-order valence-electron chi connectivity index (χ1n) is 5.21. The molecule has 0 unspecified atom stereocenters. The molecule has 0 saturated carbocycles. The molecule has 0 amide bonds. The second-order valence-electron chi connectivity index (χ2n) is 3.62. The van der Waals surface area contributed by atoms with E-state index in [1.54, 1.807) is 19.4 Å². The van der Waals surface area contributed by atoms with Crippen molar-refractivity contribution in [1.29, 1.82) is 0 Å². The van der Waals surface area contributed by atoms with Crippen LogP contribution < -0.4 is 10.5 Å². The van der Waals surface area contributed by atoms with Crippen LogP contribution in [0.25, 0.3) is 0 Å². The van der Waals surface area contributed by atoms with E-state index in [0.29, 0.717) is 24.4 Å².